The number of hydrogen-bond donors (Lipinski definition) is 2. The number of benzene rings is 1. The fourth-order valence-corrected chi connectivity index (χ4v) is 4.10. The van der Waals surface area contributed by atoms with Gasteiger partial charge in [0.25, 0.3) is 0 Å². The summed E-state index contributed by atoms with van der Waals surface area (Å²) in [6, 6.07) is 3.88. The zero-order chi connectivity index (χ0) is 20.6. The molecule has 0 atom stereocenters. The van der Waals surface area contributed by atoms with Gasteiger partial charge in [-0.3, -0.25) is 0 Å². The highest BCUT2D eigenvalue weighted by atomic mass is 16.3. The standard InChI is InChI=1S/C26H44O2/c1-25(2,3)15-11-7-6-10-14-22-19-21(20-23(27)24(22)28)13-9-5-8-12-16-26(4)17-18-26/h19-20,27-28H,5-18H2,1-4H3. The Morgan fingerprint density at radius 2 is 1.43 bits per heavy atom. The normalized spacial score (nSPS) is 15.7. The van der Waals surface area contributed by atoms with E-state index in [1.807, 2.05) is 0 Å². The van der Waals surface area contributed by atoms with Crippen LogP contribution in [0, 0.1) is 10.8 Å². The van der Waals surface area contributed by atoms with Crippen LogP contribution in [0.15, 0.2) is 12.1 Å². The Morgan fingerprint density at radius 3 is 2.07 bits per heavy atom. The van der Waals surface area contributed by atoms with E-state index in [0.717, 1.165) is 24.8 Å². The SMILES string of the molecule is CC(C)(C)CCCCCCc1cc(CCCCCCC2(C)CC2)cc(O)c1O. The summed E-state index contributed by atoms with van der Waals surface area (Å²) in [4.78, 5) is 0. The van der Waals surface area contributed by atoms with E-state index in [9.17, 15) is 10.2 Å². The maximum atomic E-state index is 10.2. The molecule has 1 fully saturated rings. The van der Waals surface area contributed by atoms with Crippen molar-refractivity contribution in [3.8, 4) is 11.5 Å². The third-order valence-electron chi connectivity index (χ3n) is 6.45. The van der Waals surface area contributed by atoms with Gasteiger partial charge in [0, 0.05) is 0 Å². The summed E-state index contributed by atoms with van der Waals surface area (Å²) in [5.74, 6) is 0.151. The molecule has 1 saturated carbocycles. The van der Waals surface area contributed by atoms with Gasteiger partial charge in [0.15, 0.2) is 11.5 Å². The monoisotopic (exact) mass is 388 g/mol. The molecule has 0 saturated heterocycles. The average molecular weight is 389 g/mol. The van der Waals surface area contributed by atoms with E-state index in [4.69, 9.17) is 0 Å². The molecule has 0 spiro atoms. The summed E-state index contributed by atoms with van der Waals surface area (Å²) in [6.45, 7) is 9.31. The molecule has 1 aliphatic carbocycles. The lowest BCUT2D eigenvalue weighted by atomic mass is 9.89. The summed E-state index contributed by atoms with van der Waals surface area (Å²) in [5.41, 5.74) is 3.21. The lowest BCUT2D eigenvalue weighted by Gasteiger charge is -2.17. The van der Waals surface area contributed by atoms with E-state index in [-0.39, 0.29) is 11.5 Å². The van der Waals surface area contributed by atoms with Crippen LogP contribution in [-0.2, 0) is 12.8 Å². The van der Waals surface area contributed by atoms with Gasteiger partial charge in [-0.15, -0.1) is 0 Å². The summed E-state index contributed by atoms with van der Waals surface area (Å²) in [5, 5.41) is 20.3. The second-order valence-corrected chi connectivity index (χ2v) is 10.8. The number of hydrogen-bond acceptors (Lipinski definition) is 2. The van der Waals surface area contributed by atoms with E-state index < -0.39 is 0 Å². The molecule has 2 N–H and O–H groups in total. The van der Waals surface area contributed by atoms with Gasteiger partial charge in [0.05, 0.1) is 0 Å². The maximum Gasteiger partial charge on any atom is 0.160 e. The van der Waals surface area contributed by atoms with Crippen molar-refractivity contribution in [2.45, 2.75) is 118 Å². The molecule has 0 aliphatic heterocycles. The second kappa shape index (κ2) is 10.6. The van der Waals surface area contributed by atoms with E-state index >= 15 is 0 Å². The fourth-order valence-electron chi connectivity index (χ4n) is 4.10. The zero-order valence-corrected chi connectivity index (χ0v) is 18.9. The Balaban J connectivity index is 1.67. The quantitative estimate of drug-likeness (QED) is 0.266. The van der Waals surface area contributed by atoms with Crippen LogP contribution < -0.4 is 0 Å². The maximum absolute atomic E-state index is 10.2. The van der Waals surface area contributed by atoms with E-state index in [2.05, 4.69) is 33.8 Å². The van der Waals surface area contributed by atoms with Gasteiger partial charge in [-0.1, -0.05) is 72.3 Å². The lowest BCUT2D eigenvalue weighted by molar-refractivity contribution is 0.357. The second-order valence-electron chi connectivity index (χ2n) is 10.8. The molecule has 1 aliphatic rings. The lowest BCUT2D eigenvalue weighted by Crippen LogP contribution is -2.03. The van der Waals surface area contributed by atoms with Crippen molar-refractivity contribution in [3.63, 3.8) is 0 Å². The highest BCUT2D eigenvalue weighted by Gasteiger charge is 2.35. The minimum atomic E-state index is 0.0573. The van der Waals surface area contributed by atoms with Crippen molar-refractivity contribution in [1.29, 1.82) is 0 Å². The number of aromatic hydroxyl groups is 2. The fraction of sp³-hybridized carbons (Fsp3) is 0.769. The predicted octanol–water partition coefficient (Wildman–Crippen LogP) is 7.93. The summed E-state index contributed by atoms with van der Waals surface area (Å²) in [7, 11) is 0. The Labute approximate surface area is 173 Å². The largest absolute Gasteiger partial charge is 0.504 e. The number of phenols is 2. The Bertz CT molecular complexity index is 593. The Kier molecular flexibility index (Phi) is 8.71. The minimum Gasteiger partial charge on any atom is -0.504 e. The predicted molar refractivity (Wildman–Crippen MR) is 120 cm³/mol. The summed E-state index contributed by atoms with van der Waals surface area (Å²) < 4.78 is 0. The van der Waals surface area contributed by atoms with Gasteiger partial charge in [0.2, 0.25) is 0 Å². The van der Waals surface area contributed by atoms with Crippen LogP contribution in [0.1, 0.15) is 116 Å². The molecule has 1 aromatic rings. The molecule has 0 heterocycles. The van der Waals surface area contributed by atoms with Crippen LogP contribution in [0.25, 0.3) is 0 Å². The van der Waals surface area contributed by atoms with Gasteiger partial charge in [-0.05, 0) is 79.4 Å². The first kappa shape index (κ1) is 23.1. The summed E-state index contributed by atoms with van der Waals surface area (Å²) in [6.07, 6.45) is 17.3. The first-order valence-corrected chi connectivity index (χ1v) is 11.7. The van der Waals surface area contributed by atoms with Crippen molar-refractivity contribution >= 4 is 0 Å². The highest BCUT2D eigenvalue weighted by molar-refractivity contribution is 5.47. The smallest absolute Gasteiger partial charge is 0.160 e. The molecule has 2 rings (SSSR count). The number of unbranched alkanes of at least 4 members (excludes halogenated alkanes) is 6. The number of aryl methyl sites for hydroxylation is 2. The van der Waals surface area contributed by atoms with Crippen LogP contribution in [0.5, 0.6) is 11.5 Å². The van der Waals surface area contributed by atoms with Crippen LogP contribution in [0.4, 0.5) is 0 Å². The number of phenolic OH excluding ortho intramolecular Hbond substituents is 2. The molecule has 2 nitrogen and oxygen atoms in total. The van der Waals surface area contributed by atoms with Gasteiger partial charge >= 0.3 is 0 Å². The van der Waals surface area contributed by atoms with Gasteiger partial charge < -0.3 is 10.2 Å². The molecule has 2 heteroatoms. The van der Waals surface area contributed by atoms with Crippen molar-refractivity contribution in [2.75, 3.05) is 0 Å². The van der Waals surface area contributed by atoms with Crippen molar-refractivity contribution in [2.24, 2.45) is 10.8 Å². The topological polar surface area (TPSA) is 40.5 Å². The third-order valence-corrected chi connectivity index (χ3v) is 6.45. The molecule has 1 aromatic carbocycles. The van der Waals surface area contributed by atoms with Crippen LogP contribution in [0.2, 0.25) is 0 Å². The molecule has 0 aromatic heterocycles. The first-order chi connectivity index (χ1) is 13.2. The van der Waals surface area contributed by atoms with E-state index in [0.29, 0.717) is 10.8 Å². The Morgan fingerprint density at radius 1 is 0.821 bits per heavy atom. The molecule has 160 valence electrons. The molecular formula is C26H44O2. The van der Waals surface area contributed by atoms with Crippen LogP contribution >= 0.6 is 0 Å². The van der Waals surface area contributed by atoms with E-state index in [1.54, 1.807) is 6.07 Å². The molecule has 0 unspecified atom stereocenters. The number of rotatable bonds is 13. The van der Waals surface area contributed by atoms with Crippen molar-refractivity contribution in [1.82, 2.24) is 0 Å². The van der Waals surface area contributed by atoms with Gasteiger partial charge in [-0.2, -0.15) is 0 Å². The van der Waals surface area contributed by atoms with Gasteiger partial charge in [0.1, 0.15) is 0 Å². The molecular weight excluding hydrogens is 344 g/mol. The highest BCUT2D eigenvalue weighted by Crippen LogP contribution is 2.49. The molecule has 0 amide bonds. The molecule has 28 heavy (non-hydrogen) atoms. The van der Waals surface area contributed by atoms with E-state index in [1.165, 1.54) is 76.2 Å². The van der Waals surface area contributed by atoms with Crippen molar-refractivity contribution < 1.29 is 10.2 Å². The first-order valence-electron chi connectivity index (χ1n) is 11.7. The van der Waals surface area contributed by atoms with Crippen LogP contribution in [-0.4, -0.2) is 10.2 Å². The Hall–Kier alpha value is -1.18. The molecule has 0 radical (unpaired) electrons. The minimum absolute atomic E-state index is 0.0573. The third kappa shape index (κ3) is 8.88. The zero-order valence-electron chi connectivity index (χ0n) is 18.9. The molecule has 0 bridgehead atoms. The van der Waals surface area contributed by atoms with Crippen LogP contribution in [0.3, 0.4) is 0 Å². The average Bonchev–Trinajstić information content (AvgIpc) is 3.34. The van der Waals surface area contributed by atoms with Crippen molar-refractivity contribution in [3.05, 3.63) is 23.3 Å². The summed E-state index contributed by atoms with van der Waals surface area (Å²) >= 11 is 0. The van der Waals surface area contributed by atoms with Gasteiger partial charge in [-0.25, -0.2) is 0 Å².